The Labute approximate surface area is 138 Å². The fourth-order valence-electron chi connectivity index (χ4n) is 2.61. The molecule has 1 aliphatic heterocycles. The molecule has 1 N–H and O–H groups in total. The number of ether oxygens (including phenoxy) is 1. The highest BCUT2D eigenvalue weighted by Crippen LogP contribution is 2.17. The molecule has 2 rings (SSSR count). The first kappa shape index (κ1) is 17.3. The lowest BCUT2D eigenvalue weighted by Gasteiger charge is -2.21. The van der Waals surface area contributed by atoms with Gasteiger partial charge in [-0.2, -0.15) is 0 Å². The van der Waals surface area contributed by atoms with Crippen LogP contribution in [0.25, 0.3) is 0 Å². The highest BCUT2D eigenvalue weighted by molar-refractivity contribution is 5.96. The third-order valence-corrected chi connectivity index (χ3v) is 3.65. The molecule has 1 fully saturated rings. The van der Waals surface area contributed by atoms with Gasteiger partial charge in [0.2, 0.25) is 0 Å². The van der Waals surface area contributed by atoms with Crippen LogP contribution in [0.3, 0.4) is 0 Å². The first-order valence-electron chi connectivity index (χ1n) is 8.24. The second kappa shape index (κ2) is 7.49. The number of rotatable bonds is 2. The van der Waals surface area contributed by atoms with E-state index in [-0.39, 0.29) is 5.91 Å². The number of amides is 2. The summed E-state index contributed by atoms with van der Waals surface area (Å²) < 4.78 is 5.23. The summed E-state index contributed by atoms with van der Waals surface area (Å²) in [5.41, 5.74) is 0.615. The topological polar surface area (TPSA) is 58.6 Å². The molecule has 5 heteroatoms. The lowest BCUT2D eigenvalue weighted by Crippen LogP contribution is -2.32. The van der Waals surface area contributed by atoms with E-state index in [9.17, 15) is 9.59 Å². The molecular weight excluding hydrogens is 292 g/mol. The van der Waals surface area contributed by atoms with E-state index in [4.69, 9.17) is 4.74 Å². The van der Waals surface area contributed by atoms with Crippen molar-refractivity contribution in [1.29, 1.82) is 0 Å². The molecule has 0 spiro atoms. The summed E-state index contributed by atoms with van der Waals surface area (Å²) >= 11 is 0. The van der Waals surface area contributed by atoms with E-state index in [0.29, 0.717) is 11.3 Å². The normalized spacial score (nSPS) is 15.7. The van der Waals surface area contributed by atoms with Gasteiger partial charge < -0.3 is 9.64 Å². The second-order valence-corrected chi connectivity index (χ2v) is 6.91. The molecule has 1 aromatic carbocycles. The van der Waals surface area contributed by atoms with Crippen molar-refractivity contribution in [1.82, 2.24) is 4.90 Å². The summed E-state index contributed by atoms with van der Waals surface area (Å²) in [5.74, 6) is 0.0275. The minimum atomic E-state index is -0.552. The molecule has 0 unspecified atom stereocenters. The summed E-state index contributed by atoms with van der Waals surface area (Å²) in [5, 5.41) is 2.68. The van der Waals surface area contributed by atoms with Gasteiger partial charge in [0.05, 0.1) is 0 Å². The van der Waals surface area contributed by atoms with Crippen LogP contribution in [0.15, 0.2) is 24.3 Å². The molecule has 0 atom stereocenters. The van der Waals surface area contributed by atoms with Gasteiger partial charge in [-0.25, -0.2) is 4.79 Å². The molecular formula is C18H26N2O3. The number of likely N-dealkylation sites (tertiary alicyclic amines) is 1. The lowest BCUT2D eigenvalue weighted by atomic mass is 10.1. The van der Waals surface area contributed by atoms with Crippen molar-refractivity contribution in [2.45, 2.75) is 52.1 Å². The SMILES string of the molecule is CC(C)(C)OC(=O)Nc1cccc(C(=O)N2CCCCCC2)c1. The van der Waals surface area contributed by atoms with Crippen molar-refractivity contribution in [3.05, 3.63) is 29.8 Å². The van der Waals surface area contributed by atoms with Crippen molar-refractivity contribution in [3.8, 4) is 0 Å². The van der Waals surface area contributed by atoms with Crippen molar-refractivity contribution in [3.63, 3.8) is 0 Å². The Morgan fingerprint density at radius 3 is 2.35 bits per heavy atom. The number of hydrogen-bond donors (Lipinski definition) is 1. The average Bonchev–Trinajstić information content (AvgIpc) is 2.73. The maximum Gasteiger partial charge on any atom is 0.412 e. The Morgan fingerprint density at radius 2 is 1.74 bits per heavy atom. The predicted molar refractivity (Wildman–Crippen MR) is 90.7 cm³/mol. The molecule has 1 aromatic rings. The number of benzene rings is 1. The molecule has 0 bridgehead atoms. The smallest absolute Gasteiger partial charge is 0.412 e. The Morgan fingerprint density at radius 1 is 1.09 bits per heavy atom. The van der Waals surface area contributed by atoms with Crippen molar-refractivity contribution < 1.29 is 14.3 Å². The maximum atomic E-state index is 12.6. The molecule has 126 valence electrons. The summed E-state index contributed by atoms with van der Waals surface area (Å²) in [6.45, 7) is 7.05. The molecule has 5 nitrogen and oxygen atoms in total. The first-order valence-corrected chi connectivity index (χ1v) is 8.24. The highest BCUT2D eigenvalue weighted by atomic mass is 16.6. The van der Waals surface area contributed by atoms with Gasteiger partial charge in [0.1, 0.15) is 5.60 Å². The molecule has 0 radical (unpaired) electrons. The zero-order valence-corrected chi connectivity index (χ0v) is 14.2. The Bertz CT molecular complexity index is 556. The van der Waals surface area contributed by atoms with Crippen LogP contribution >= 0.6 is 0 Å². The maximum absolute atomic E-state index is 12.6. The van der Waals surface area contributed by atoms with Gasteiger partial charge in [0.25, 0.3) is 5.91 Å². The van der Waals surface area contributed by atoms with Gasteiger partial charge >= 0.3 is 6.09 Å². The summed E-state index contributed by atoms with van der Waals surface area (Å²) in [4.78, 5) is 26.3. The monoisotopic (exact) mass is 318 g/mol. The van der Waals surface area contributed by atoms with Gasteiger partial charge in [-0.1, -0.05) is 18.9 Å². The van der Waals surface area contributed by atoms with E-state index in [0.717, 1.165) is 25.9 Å². The number of carbonyl (C=O) groups excluding carboxylic acids is 2. The van der Waals surface area contributed by atoms with Gasteiger partial charge in [-0.15, -0.1) is 0 Å². The minimum absolute atomic E-state index is 0.0275. The van der Waals surface area contributed by atoms with E-state index >= 15 is 0 Å². The molecule has 1 heterocycles. The largest absolute Gasteiger partial charge is 0.444 e. The fourth-order valence-corrected chi connectivity index (χ4v) is 2.61. The molecule has 1 aliphatic rings. The number of carbonyl (C=O) groups is 2. The zero-order valence-electron chi connectivity index (χ0n) is 14.2. The molecule has 2 amide bonds. The number of nitrogens with zero attached hydrogens (tertiary/aromatic N) is 1. The molecule has 0 aliphatic carbocycles. The second-order valence-electron chi connectivity index (χ2n) is 6.91. The zero-order chi connectivity index (χ0) is 16.9. The van der Waals surface area contributed by atoms with Crippen molar-refractivity contribution >= 4 is 17.7 Å². The van der Waals surface area contributed by atoms with Crippen LogP contribution in [0.4, 0.5) is 10.5 Å². The van der Waals surface area contributed by atoms with Crippen LogP contribution < -0.4 is 5.32 Å². The van der Waals surface area contributed by atoms with Crippen molar-refractivity contribution in [2.24, 2.45) is 0 Å². The summed E-state index contributed by atoms with van der Waals surface area (Å²) in [6.07, 6.45) is 3.97. The van der Waals surface area contributed by atoms with Gasteiger partial charge in [0, 0.05) is 24.3 Å². The van der Waals surface area contributed by atoms with E-state index in [2.05, 4.69) is 5.32 Å². The highest BCUT2D eigenvalue weighted by Gasteiger charge is 2.19. The number of hydrogen-bond acceptors (Lipinski definition) is 3. The summed E-state index contributed by atoms with van der Waals surface area (Å²) in [7, 11) is 0. The summed E-state index contributed by atoms with van der Waals surface area (Å²) in [6, 6.07) is 7.02. The fraction of sp³-hybridized carbons (Fsp3) is 0.556. The third-order valence-electron chi connectivity index (χ3n) is 3.65. The van der Waals surface area contributed by atoms with Gasteiger partial charge in [-0.3, -0.25) is 10.1 Å². The quantitative estimate of drug-likeness (QED) is 0.895. The van der Waals surface area contributed by atoms with Crippen LogP contribution in [0.1, 0.15) is 56.8 Å². The van der Waals surface area contributed by atoms with E-state index < -0.39 is 11.7 Å². The van der Waals surface area contributed by atoms with E-state index in [1.54, 1.807) is 24.3 Å². The Kier molecular flexibility index (Phi) is 5.64. The number of nitrogens with one attached hydrogen (secondary N) is 1. The van der Waals surface area contributed by atoms with E-state index in [1.807, 2.05) is 25.7 Å². The van der Waals surface area contributed by atoms with Crippen molar-refractivity contribution in [2.75, 3.05) is 18.4 Å². The van der Waals surface area contributed by atoms with Gasteiger partial charge in [-0.05, 0) is 51.8 Å². The minimum Gasteiger partial charge on any atom is -0.444 e. The molecule has 0 aromatic heterocycles. The van der Waals surface area contributed by atoms with Gasteiger partial charge in [0.15, 0.2) is 0 Å². The van der Waals surface area contributed by atoms with Crippen LogP contribution in [0.5, 0.6) is 0 Å². The molecule has 23 heavy (non-hydrogen) atoms. The van der Waals surface area contributed by atoms with Crippen LogP contribution in [0, 0.1) is 0 Å². The lowest BCUT2D eigenvalue weighted by molar-refractivity contribution is 0.0635. The van der Waals surface area contributed by atoms with E-state index in [1.165, 1.54) is 12.8 Å². The number of anilines is 1. The Balaban J connectivity index is 2.04. The van der Waals surface area contributed by atoms with Crippen LogP contribution in [-0.2, 0) is 4.74 Å². The van der Waals surface area contributed by atoms with Crippen LogP contribution in [0.2, 0.25) is 0 Å². The standard InChI is InChI=1S/C18H26N2O3/c1-18(2,3)23-17(22)19-15-10-8-9-14(13-15)16(21)20-11-6-4-5-7-12-20/h8-10,13H,4-7,11-12H2,1-3H3,(H,19,22). The third kappa shape index (κ3) is 5.58. The average molecular weight is 318 g/mol. The predicted octanol–water partition coefficient (Wildman–Crippen LogP) is 4.05. The van der Waals surface area contributed by atoms with Crippen LogP contribution in [-0.4, -0.2) is 35.6 Å². The molecule has 1 saturated heterocycles. The first-order chi connectivity index (χ1) is 10.8. The molecule has 0 saturated carbocycles. The Hall–Kier alpha value is -2.04.